The lowest BCUT2D eigenvalue weighted by atomic mass is 10.1. The summed E-state index contributed by atoms with van der Waals surface area (Å²) in [6.45, 7) is 1.99. The Morgan fingerprint density at radius 3 is 2.66 bits per heavy atom. The van der Waals surface area contributed by atoms with Gasteiger partial charge in [-0.2, -0.15) is 5.10 Å². The van der Waals surface area contributed by atoms with Crippen LogP contribution < -0.4 is 10.1 Å². The second-order valence-electron chi connectivity index (χ2n) is 6.73. The minimum Gasteiger partial charge on any atom is -0.406 e. The number of hydrogen-bond acceptors (Lipinski definition) is 5. The van der Waals surface area contributed by atoms with Gasteiger partial charge in [-0.1, -0.05) is 23.7 Å². The Hall–Kier alpha value is -3.60. The number of benzene rings is 1. The maximum absolute atomic E-state index is 12.8. The summed E-state index contributed by atoms with van der Waals surface area (Å²) in [4.78, 5) is 12.8. The van der Waals surface area contributed by atoms with Gasteiger partial charge in [0.25, 0.3) is 5.91 Å². The molecule has 3 aromatic heterocycles. The average molecular weight is 465 g/mol. The molecule has 0 saturated carbocycles. The van der Waals surface area contributed by atoms with Gasteiger partial charge in [-0.25, -0.2) is 9.20 Å². The van der Waals surface area contributed by atoms with Crippen molar-refractivity contribution in [2.24, 2.45) is 0 Å². The minimum atomic E-state index is -4.76. The van der Waals surface area contributed by atoms with Gasteiger partial charge in [-0.15, -0.1) is 18.3 Å². The van der Waals surface area contributed by atoms with E-state index in [9.17, 15) is 18.0 Å². The van der Waals surface area contributed by atoms with Crippen LogP contribution in [0.3, 0.4) is 0 Å². The van der Waals surface area contributed by atoms with Gasteiger partial charge in [0.2, 0.25) is 0 Å². The number of aromatic nitrogens is 5. The maximum Gasteiger partial charge on any atom is 0.573 e. The fourth-order valence-electron chi connectivity index (χ4n) is 3.13. The van der Waals surface area contributed by atoms with E-state index in [4.69, 9.17) is 11.6 Å². The van der Waals surface area contributed by atoms with Crippen LogP contribution in [-0.2, 0) is 13.0 Å². The minimum absolute atomic E-state index is 0.0924. The van der Waals surface area contributed by atoms with Gasteiger partial charge in [-0.3, -0.25) is 4.79 Å². The number of carbonyl (C=O) groups is 1. The predicted molar refractivity (Wildman–Crippen MR) is 109 cm³/mol. The molecule has 1 aromatic carbocycles. The van der Waals surface area contributed by atoms with Gasteiger partial charge < -0.3 is 10.1 Å². The van der Waals surface area contributed by atoms with Crippen LogP contribution in [0.15, 0.2) is 48.8 Å². The Morgan fingerprint density at radius 2 is 1.97 bits per heavy atom. The van der Waals surface area contributed by atoms with Gasteiger partial charge in [0.05, 0.1) is 35.2 Å². The molecule has 0 aliphatic heterocycles. The van der Waals surface area contributed by atoms with E-state index in [0.717, 1.165) is 0 Å². The van der Waals surface area contributed by atoms with Crippen LogP contribution in [0.5, 0.6) is 5.75 Å². The third kappa shape index (κ3) is 4.67. The smallest absolute Gasteiger partial charge is 0.406 e. The summed E-state index contributed by atoms with van der Waals surface area (Å²) in [6, 6.07) is 8.53. The van der Waals surface area contributed by atoms with Crippen molar-refractivity contribution in [3.63, 3.8) is 0 Å². The molecule has 0 atom stereocenters. The number of nitrogens with one attached hydrogen (secondary N) is 1. The largest absolute Gasteiger partial charge is 0.573 e. The molecule has 0 unspecified atom stereocenters. The summed E-state index contributed by atoms with van der Waals surface area (Å²) in [5, 5.41) is 15.6. The van der Waals surface area contributed by atoms with E-state index >= 15 is 0 Å². The number of nitrogens with zero attached hydrogens (tertiary/aromatic N) is 5. The quantitative estimate of drug-likeness (QED) is 0.467. The average Bonchev–Trinajstić information content (AvgIpc) is 3.35. The Bertz CT molecular complexity index is 1270. The van der Waals surface area contributed by atoms with E-state index in [-0.39, 0.29) is 18.2 Å². The number of amides is 1. The number of rotatable bonds is 6. The molecule has 166 valence electrons. The highest BCUT2D eigenvalue weighted by atomic mass is 35.5. The Kier molecular flexibility index (Phi) is 5.74. The molecule has 8 nitrogen and oxygen atoms in total. The number of aryl methyl sites for hydroxylation is 1. The summed E-state index contributed by atoms with van der Waals surface area (Å²) in [5.74, 6) is -0.670. The molecule has 0 spiro atoms. The predicted octanol–water partition coefficient (Wildman–Crippen LogP) is 3.96. The second kappa shape index (κ2) is 8.50. The van der Waals surface area contributed by atoms with Gasteiger partial charge in [0, 0.05) is 11.2 Å². The lowest BCUT2D eigenvalue weighted by molar-refractivity contribution is -0.274. The summed E-state index contributed by atoms with van der Waals surface area (Å²) >= 11 is 6.07. The van der Waals surface area contributed by atoms with Gasteiger partial charge >= 0.3 is 6.36 Å². The molecule has 0 radical (unpaired) electrons. The lowest BCUT2D eigenvalue weighted by Gasteiger charge is -2.09. The highest BCUT2D eigenvalue weighted by Gasteiger charge is 2.31. The number of hydrogen-bond donors (Lipinski definition) is 1. The molecule has 1 N–H and O–H groups in total. The third-order valence-corrected chi connectivity index (χ3v) is 4.77. The van der Waals surface area contributed by atoms with E-state index < -0.39 is 6.36 Å². The summed E-state index contributed by atoms with van der Waals surface area (Å²) in [6.07, 6.45) is -0.950. The first kappa shape index (κ1) is 21.6. The van der Waals surface area contributed by atoms with E-state index in [1.807, 2.05) is 6.92 Å². The number of pyridine rings is 1. The molecule has 4 rings (SSSR count). The summed E-state index contributed by atoms with van der Waals surface area (Å²) in [5.41, 5.74) is 2.60. The van der Waals surface area contributed by atoms with Gasteiger partial charge in [0.1, 0.15) is 11.4 Å². The summed E-state index contributed by atoms with van der Waals surface area (Å²) < 4.78 is 43.7. The topological polar surface area (TPSA) is 86.3 Å². The highest BCUT2D eigenvalue weighted by Crippen LogP contribution is 2.24. The van der Waals surface area contributed by atoms with Crippen LogP contribution in [0.1, 0.15) is 28.7 Å². The zero-order valence-corrected chi connectivity index (χ0v) is 17.4. The standard InChI is InChI=1S/C20H16ClF3N6O2/c1-2-16-18(17-9-12(21)7-8-29(17)27-16)19(31)25-10-13-11-30(28-26-13)14-3-5-15(6-4-14)32-20(22,23)24/h3-9,11H,2,10H2,1H3,(H,25,31). The van der Waals surface area contributed by atoms with Crippen LogP contribution in [0.4, 0.5) is 13.2 Å². The van der Waals surface area contributed by atoms with Gasteiger partial charge in [0.15, 0.2) is 0 Å². The third-order valence-electron chi connectivity index (χ3n) is 4.54. The SMILES string of the molecule is CCc1nn2ccc(Cl)cc2c1C(=O)NCc1cn(-c2ccc(OC(F)(F)F)cc2)nn1. The van der Waals surface area contributed by atoms with E-state index in [2.05, 4.69) is 25.5 Å². The van der Waals surface area contributed by atoms with Crippen LogP contribution >= 0.6 is 11.6 Å². The maximum atomic E-state index is 12.8. The van der Waals surface area contributed by atoms with Gasteiger partial charge in [-0.05, 0) is 42.8 Å². The number of ether oxygens (including phenoxy) is 1. The van der Waals surface area contributed by atoms with Crippen molar-refractivity contribution in [1.29, 1.82) is 0 Å². The molecule has 1 amide bonds. The number of alkyl halides is 3. The summed E-state index contributed by atoms with van der Waals surface area (Å²) in [7, 11) is 0. The van der Waals surface area contributed by atoms with E-state index in [1.165, 1.54) is 28.9 Å². The molecule has 0 aliphatic rings. The highest BCUT2D eigenvalue weighted by molar-refractivity contribution is 6.31. The first-order valence-electron chi connectivity index (χ1n) is 9.46. The molecule has 4 aromatic rings. The zero-order valence-electron chi connectivity index (χ0n) is 16.6. The number of halogens is 4. The molecule has 32 heavy (non-hydrogen) atoms. The van der Waals surface area contributed by atoms with E-state index in [0.29, 0.717) is 39.6 Å². The zero-order chi connectivity index (χ0) is 22.9. The molecule has 12 heteroatoms. The number of fused-ring (bicyclic) bond motifs is 1. The first-order chi connectivity index (χ1) is 15.2. The van der Waals surface area contributed by atoms with Crippen molar-refractivity contribution in [3.05, 3.63) is 70.8 Å². The monoisotopic (exact) mass is 464 g/mol. The molecular formula is C20H16ClF3N6O2. The molecule has 3 heterocycles. The number of carbonyl (C=O) groups excluding carboxylic acids is 1. The fraction of sp³-hybridized carbons (Fsp3) is 0.200. The van der Waals surface area contributed by atoms with E-state index in [1.54, 1.807) is 29.0 Å². The molecular weight excluding hydrogens is 449 g/mol. The van der Waals surface area contributed by atoms with Crippen LogP contribution in [0, 0.1) is 0 Å². The van der Waals surface area contributed by atoms with Crippen molar-refractivity contribution in [1.82, 2.24) is 29.9 Å². The second-order valence-corrected chi connectivity index (χ2v) is 7.17. The lowest BCUT2D eigenvalue weighted by Crippen LogP contribution is -2.24. The molecule has 0 saturated heterocycles. The van der Waals surface area contributed by atoms with Crippen LogP contribution in [-0.4, -0.2) is 36.9 Å². The van der Waals surface area contributed by atoms with Crippen molar-refractivity contribution in [2.75, 3.05) is 0 Å². The Labute approximate surface area is 184 Å². The Morgan fingerprint density at radius 1 is 1.22 bits per heavy atom. The van der Waals surface area contributed by atoms with Crippen molar-refractivity contribution < 1.29 is 22.7 Å². The molecule has 0 bridgehead atoms. The van der Waals surface area contributed by atoms with Crippen molar-refractivity contribution in [2.45, 2.75) is 26.3 Å². The van der Waals surface area contributed by atoms with Crippen molar-refractivity contribution in [3.8, 4) is 11.4 Å². The van der Waals surface area contributed by atoms with Crippen molar-refractivity contribution >= 4 is 23.0 Å². The molecule has 0 fully saturated rings. The normalized spacial score (nSPS) is 11.7. The first-order valence-corrected chi connectivity index (χ1v) is 9.83. The Balaban J connectivity index is 1.46. The molecule has 0 aliphatic carbocycles. The fourth-order valence-corrected chi connectivity index (χ4v) is 3.29. The van der Waals surface area contributed by atoms with Crippen LogP contribution in [0.25, 0.3) is 11.2 Å². The van der Waals surface area contributed by atoms with Crippen LogP contribution in [0.2, 0.25) is 5.02 Å².